The van der Waals surface area contributed by atoms with E-state index in [9.17, 15) is 4.79 Å². The monoisotopic (exact) mass is 457 g/mol. The van der Waals surface area contributed by atoms with E-state index in [0.717, 1.165) is 57.2 Å². The molecule has 1 saturated heterocycles. The highest BCUT2D eigenvalue weighted by molar-refractivity contribution is 5.75. The number of hydrogen-bond donors (Lipinski definition) is 2. The fraction of sp³-hybridized carbons (Fsp3) is 0.696. The van der Waals surface area contributed by atoms with Crippen LogP contribution in [0.2, 0.25) is 0 Å². The number of rotatable bonds is 9. The van der Waals surface area contributed by atoms with E-state index in [1.807, 2.05) is 0 Å². The second-order valence-electron chi connectivity index (χ2n) is 9.38. The van der Waals surface area contributed by atoms with E-state index in [1.165, 1.54) is 32.1 Å². The van der Waals surface area contributed by atoms with Crippen molar-refractivity contribution in [2.75, 3.05) is 38.1 Å². The van der Waals surface area contributed by atoms with Crippen LogP contribution in [0.5, 0.6) is 0 Å². The Morgan fingerprint density at radius 3 is 2.73 bits per heavy atom. The molecule has 10 nitrogen and oxygen atoms in total. The van der Waals surface area contributed by atoms with Gasteiger partial charge in [-0.05, 0) is 19.4 Å². The maximum absolute atomic E-state index is 11.9. The number of piperazine rings is 1. The van der Waals surface area contributed by atoms with Crippen molar-refractivity contribution in [1.82, 2.24) is 30.5 Å². The number of likely N-dealkylation sites (N-methyl/N-ethyl adjacent to an activating group) is 1. The number of nitrogens with zero attached hydrogens (tertiary/aromatic N) is 6. The topological polar surface area (TPSA) is 121 Å². The fourth-order valence-corrected chi connectivity index (χ4v) is 4.87. The van der Waals surface area contributed by atoms with E-state index in [4.69, 9.17) is 14.7 Å². The minimum Gasteiger partial charge on any atom is -0.353 e. The van der Waals surface area contributed by atoms with Gasteiger partial charge in [0.15, 0.2) is 0 Å². The van der Waals surface area contributed by atoms with Crippen molar-refractivity contribution in [3.63, 3.8) is 0 Å². The van der Waals surface area contributed by atoms with Crippen LogP contribution in [0.4, 0.5) is 5.82 Å². The van der Waals surface area contributed by atoms with E-state index < -0.39 is 5.91 Å². The number of hydrogen-bond acceptors (Lipinski definition) is 9. The number of nitrogens with one attached hydrogen (secondary N) is 1. The van der Waals surface area contributed by atoms with E-state index in [1.54, 1.807) is 17.9 Å². The second kappa shape index (κ2) is 11.5. The molecule has 2 aliphatic rings. The zero-order valence-electron chi connectivity index (χ0n) is 19.4. The minimum atomic E-state index is -0.450. The molecule has 2 aromatic rings. The SMILES string of the molecule is CN1CCN(c2cncc(-c3noc([C@H](CCCC4CCCCC4)CC(=O)NO)n3)n2)CC1. The first-order valence-corrected chi connectivity index (χ1v) is 12.1. The Bertz CT molecular complexity index is 892. The van der Waals surface area contributed by atoms with Gasteiger partial charge in [0.1, 0.15) is 11.5 Å². The third-order valence-electron chi connectivity index (χ3n) is 6.92. The maximum Gasteiger partial charge on any atom is 0.244 e. The Balaban J connectivity index is 1.43. The predicted molar refractivity (Wildman–Crippen MR) is 123 cm³/mol. The van der Waals surface area contributed by atoms with E-state index in [0.29, 0.717) is 17.4 Å². The van der Waals surface area contributed by atoms with Gasteiger partial charge in [-0.2, -0.15) is 4.98 Å². The molecule has 1 atom stereocenters. The van der Waals surface area contributed by atoms with Crippen molar-refractivity contribution in [3.05, 3.63) is 18.3 Å². The Kier molecular flexibility index (Phi) is 8.22. The molecule has 1 aliphatic heterocycles. The summed E-state index contributed by atoms with van der Waals surface area (Å²) in [5, 5.41) is 13.1. The third kappa shape index (κ3) is 6.48. The van der Waals surface area contributed by atoms with Crippen LogP contribution in [0.15, 0.2) is 16.9 Å². The molecular weight excluding hydrogens is 422 g/mol. The Labute approximate surface area is 194 Å². The lowest BCUT2D eigenvalue weighted by molar-refractivity contribution is -0.129. The van der Waals surface area contributed by atoms with Gasteiger partial charge in [-0.15, -0.1) is 0 Å². The molecule has 0 aromatic carbocycles. The van der Waals surface area contributed by atoms with Crippen molar-refractivity contribution in [2.24, 2.45) is 5.92 Å². The second-order valence-corrected chi connectivity index (χ2v) is 9.38. The molecule has 180 valence electrons. The average molecular weight is 458 g/mol. The highest BCUT2D eigenvalue weighted by Gasteiger charge is 2.24. The summed E-state index contributed by atoms with van der Waals surface area (Å²) >= 11 is 0. The number of aromatic nitrogens is 4. The Morgan fingerprint density at radius 2 is 1.97 bits per heavy atom. The highest BCUT2D eigenvalue weighted by Crippen LogP contribution is 2.31. The summed E-state index contributed by atoms with van der Waals surface area (Å²) in [5.41, 5.74) is 2.28. The molecule has 0 spiro atoms. The lowest BCUT2D eigenvalue weighted by atomic mass is 9.84. The number of carbonyl (C=O) groups is 1. The van der Waals surface area contributed by atoms with Crippen molar-refractivity contribution in [1.29, 1.82) is 0 Å². The normalized spacial score (nSPS) is 18.9. The third-order valence-corrected chi connectivity index (χ3v) is 6.92. The van der Waals surface area contributed by atoms with Crippen molar-refractivity contribution in [2.45, 2.75) is 63.7 Å². The Morgan fingerprint density at radius 1 is 1.18 bits per heavy atom. The number of amides is 1. The van der Waals surface area contributed by atoms with Gasteiger partial charge >= 0.3 is 0 Å². The standard InChI is InChI=1S/C23H35N7O3/c1-29-10-12-30(13-11-29)20-16-24-15-19(25-20)22-26-23(33-28-22)18(14-21(31)27-32)9-5-8-17-6-3-2-4-7-17/h15-18,32H,2-14H2,1H3,(H,27,31)/t18-/m1/s1. The molecule has 2 N–H and O–H groups in total. The molecule has 2 aromatic heterocycles. The lowest BCUT2D eigenvalue weighted by Crippen LogP contribution is -2.44. The van der Waals surface area contributed by atoms with E-state index in [2.05, 4.69) is 32.0 Å². The van der Waals surface area contributed by atoms with Crippen LogP contribution < -0.4 is 10.4 Å². The molecule has 4 rings (SSSR count). The van der Waals surface area contributed by atoms with Crippen LogP contribution in [0, 0.1) is 5.92 Å². The summed E-state index contributed by atoms with van der Waals surface area (Å²) in [6.07, 6.45) is 13.0. The van der Waals surface area contributed by atoms with Gasteiger partial charge in [0.25, 0.3) is 0 Å². The molecule has 1 aliphatic carbocycles. The van der Waals surface area contributed by atoms with Gasteiger partial charge in [-0.25, -0.2) is 10.5 Å². The van der Waals surface area contributed by atoms with Crippen LogP contribution in [-0.4, -0.2) is 69.3 Å². The zero-order valence-corrected chi connectivity index (χ0v) is 19.4. The number of anilines is 1. The predicted octanol–water partition coefficient (Wildman–Crippen LogP) is 3.01. The summed E-state index contributed by atoms with van der Waals surface area (Å²) in [4.78, 5) is 30.0. The van der Waals surface area contributed by atoms with Crippen LogP contribution in [0.25, 0.3) is 11.5 Å². The molecular formula is C23H35N7O3. The van der Waals surface area contributed by atoms with E-state index in [-0.39, 0.29) is 12.3 Å². The van der Waals surface area contributed by atoms with Gasteiger partial charge in [-0.1, -0.05) is 50.1 Å². The molecule has 1 amide bonds. The largest absolute Gasteiger partial charge is 0.353 e. The van der Waals surface area contributed by atoms with Gasteiger partial charge < -0.3 is 14.3 Å². The molecule has 3 heterocycles. The molecule has 0 unspecified atom stereocenters. The van der Waals surface area contributed by atoms with Crippen LogP contribution in [0.3, 0.4) is 0 Å². The molecule has 0 bridgehead atoms. The molecule has 33 heavy (non-hydrogen) atoms. The van der Waals surface area contributed by atoms with Crippen molar-refractivity contribution < 1.29 is 14.5 Å². The summed E-state index contributed by atoms with van der Waals surface area (Å²) in [6, 6.07) is 0. The molecule has 1 saturated carbocycles. The summed E-state index contributed by atoms with van der Waals surface area (Å²) in [5.74, 6) is 1.66. The van der Waals surface area contributed by atoms with Crippen molar-refractivity contribution in [3.8, 4) is 11.5 Å². The number of carbonyl (C=O) groups excluding carboxylic acids is 1. The number of hydroxylamine groups is 1. The quantitative estimate of drug-likeness (QED) is 0.432. The van der Waals surface area contributed by atoms with Crippen LogP contribution >= 0.6 is 0 Å². The molecule has 2 fully saturated rings. The van der Waals surface area contributed by atoms with Gasteiger partial charge in [0.05, 0.1) is 12.4 Å². The highest BCUT2D eigenvalue weighted by atomic mass is 16.5. The summed E-state index contributed by atoms with van der Waals surface area (Å²) < 4.78 is 5.56. The summed E-state index contributed by atoms with van der Waals surface area (Å²) in [7, 11) is 2.11. The van der Waals surface area contributed by atoms with Crippen LogP contribution in [-0.2, 0) is 4.79 Å². The van der Waals surface area contributed by atoms with E-state index >= 15 is 0 Å². The molecule has 10 heteroatoms. The first-order valence-electron chi connectivity index (χ1n) is 12.1. The fourth-order valence-electron chi connectivity index (χ4n) is 4.87. The van der Waals surface area contributed by atoms with Crippen molar-refractivity contribution >= 4 is 11.7 Å². The lowest BCUT2D eigenvalue weighted by Gasteiger charge is -2.33. The maximum atomic E-state index is 11.9. The van der Waals surface area contributed by atoms with Gasteiger partial charge in [0.2, 0.25) is 17.6 Å². The average Bonchev–Trinajstić information content (AvgIpc) is 3.35. The smallest absolute Gasteiger partial charge is 0.244 e. The molecule has 0 radical (unpaired) electrons. The minimum absolute atomic E-state index is 0.107. The first-order chi connectivity index (χ1) is 16.1. The first kappa shape index (κ1) is 23.6. The zero-order chi connectivity index (χ0) is 23.0. The van der Waals surface area contributed by atoms with Gasteiger partial charge in [-0.3, -0.25) is 15.0 Å². The Hall–Kier alpha value is -2.59. The van der Waals surface area contributed by atoms with Gasteiger partial charge in [0, 0.05) is 38.5 Å². The summed E-state index contributed by atoms with van der Waals surface area (Å²) in [6.45, 7) is 3.75. The van der Waals surface area contributed by atoms with Crippen LogP contribution in [0.1, 0.15) is 69.6 Å².